The summed E-state index contributed by atoms with van der Waals surface area (Å²) in [5.41, 5.74) is 2.91. The van der Waals surface area contributed by atoms with E-state index in [1.54, 1.807) is 11.8 Å². The average Bonchev–Trinajstić information content (AvgIpc) is 3.61. The number of anilines is 1. The van der Waals surface area contributed by atoms with Crippen LogP contribution in [0.3, 0.4) is 0 Å². The molecule has 0 fully saturated rings. The predicted molar refractivity (Wildman–Crippen MR) is 136 cm³/mol. The Kier molecular flexibility index (Phi) is 6.85. The number of aromatic amines is 1. The molecule has 3 heterocycles. The Morgan fingerprint density at radius 3 is 2.66 bits per heavy atom. The highest BCUT2D eigenvalue weighted by Crippen LogP contribution is 2.41. The lowest BCUT2D eigenvalue weighted by Gasteiger charge is -2.21. The van der Waals surface area contributed by atoms with E-state index in [9.17, 15) is 18.0 Å². The van der Waals surface area contributed by atoms with E-state index in [1.807, 2.05) is 32.0 Å². The van der Waals surface area contributed by atoms with E-state index in [1.165, 1.54) is 0 Å². The van der Waals surface area contributed by atoms with Crippen LogP contribution in [0.2, 0.25) is 0 Å². The van der Waals surface area contributed by atoms with Gasteiger partial charge in [-0.25, -0.2) is 4.98 Å². The highest BCUT2D eigenvalue weighted by molar-refractivity contribution is 5.89. The second kappa shape index (κ2) is 10.1. The van der Waals surface area contributed by atoms with Crippen LogP contribution in [0.1, 0.15) is 56.4 Å². The molecule has 0 radical (unpaired) electrons. The number of nitrogens with zero attached hydrogens (tertiary/aromatic N) is 4. The molecule has 1 aromatic carbocycles. The number of nitrogens with one attached hydrogen (secondary N) is 1. The lowest BCUT2D eigenvalue weighted by atomic mass is 10.0. The number of hydrogen-bond donors (Lipinski definition) is 1. The third kappa shape index (κ3) is 4.84. The maximum absolute atomic E-state index is 13.6. The lowest BCUT2D eigenvalue weighted by Crippen LogP contribution is -2.24. The maximum atomic E-state index is 13.6. The number of esters is 1. The number of ether oxygens (including phenoxy) is 1. The monoisotopic (exact) mass is 527 g/mol. The van der Waals surface area contributed by atoms with Crippen LogP contribution in [0.4, 0.5) is 19.0 Å². The highest BCUT2D eigenvalue weighted by Gasteiger charge is 2.33. The topological polar surface area (TPSA) is 97.1 Å². The number of carbonyl (C=O) groups excluding carboxylic acids is 1. The van der Waals surface area contributed by atoms with Crippen molar-refractivity contribution in [3.8, 4) is 23.0 Å². The molecule has 1 N–H and O–H groups in total. The predicted octanol–water partition coefficient (Wildman–Crippen LogP) is 6.13. The Labute approximate surface area is 217 Å². The minimum atomic E-state index is -4.55. The molecule has 1 unspecified atom stereocenters. The molecular formula is C27H28F3N5O3. The molecule has 11 heteroatoms. The van der Waals surface area contributed by atoms with Gasteiger partial charge in [0.15, 0.2) is 0 Å². The Hall–Kier alpha value is -3.89. The molecule has 1 aliphatic carbocycles. The molecule has 8 nitrogen and oxygen atoms in total. The quantitative estimate of drug-likeness (QED) is 0.275. The molecule has 0 amide bonds. The normalized spacial score (nSPS) is 15.2. The first-order valence-corrected chi connectivity index (χ1v) is 12.7. The minimum absolute atomic E-state index is 0.0362. The molecule has 4 aromatic rings. The van der Waals surface area contributed by atoms with E-state index in [0.717, 1.165) is 47.1 Å². The van der Waals surface area contributed by atoms with E-state index in [0.29, 0.717) is 31.7 Å². The number of aryl methyl sites for hydroxylation is 1. The number of benzene rings is 1. The number of pyridine rings is 1. The van der Waals surface area contributed by atoms with Crippen molar-refractivity contribution in [3.05, 3.63) is 47.2 Å². The lowest BCUT2D eigenvalue weighted by molar-refractivity contribution is -0.143. The molecule has 1 aliphatic rings. The Morgan fingerprint density at radius 1 is 1.16 bits per heavy atom. The smallest absolute Gasteiger partial charge is 0.416 e. The van der Waals surface area contributed by atoms with Crippen molar-refractivity contribution >= 4 is 22.7 Å². The summed E-state index contributed by atoms with van der Waals surface area (Å²) in [6.45, 7) is 6.85. The first kappa shape index (κ1) is 25.7. The van der Waals surface area contributed by atoms with Crippen LogP contribution in [0.15, 0.2) is 34.9 Å². The van der Waals surface area contributed by atoms with Gasteiger partial charge in [0.1, 0.15) is 11.5 Å². The van der Waals surface area contributed by atoms with Crippen LogP contribution in [-0.2, 0) is 22.1 Å². The van der Waals surface area contributed by atoms with Crippen molar-refractivity contribution in [1.82, 2.24) is 20.1 Å². The van der Waals surface area contributed by atoms with E-state index in [4.69, 9.17) is 9.26 Å². The molecule has 1 atom stereocenters. The zero-order valence-electron chi connectivity index (χ0n) is 21.4. The second-order valence-corrected chi connectivity index (χ2v) is 9.21. The standard InChI is InChI=1S/C27H28F3N5O3/c1-4-35(5-2)22-14-17(27(28,29)30)13-21(31-22)26-33-25(34-38-26)16-8-10-20-19(11-16)18-9-7-15(24(18)32-20)12-23(36)37-6-3/h8,10-11,13-15,32H,4-7,9,12H2,1-3H3. The SMILES string of the molecule is CCOC(=O)CC1CCc2c1[nH]c1ccc(-c3noc(-c4cc(C(F)(F)F)cc(N(CC)CC)n4)n3)cc21. The molecule has 0 saturated heterocycles. The summed E-state index contributed by atoms with van der Waals surface area (Å²) < 4.78 is 51.4. The zero-order valence-corrected chi connectivity index (χ0v) is 21.4. The van der Waals surface area contributed by atoms with Crippen LogP contribution in [-0.4, -0.2) is 45.8 Å². The molecule has 0 aliphatic heterocycles. The summed E-state index contributed by atoms with van der Waals surface area (Å²) in [7, 11) is 0. The summed E-state index contributed by atoms with van der Waals surface area (Å²) in [5.74, 6) is 0.219. The molecule has 0 spiro atoms. The van der Waals surface area contributed by atoms with Gasteiger partial charge in [-0.05, 0) is 69.5 Å². The van der Waals surface area contributed by atoms with E-state index in [-0.39, 0.29) is 35.1 Å². The number of aromatic nitrogens is 4. The van der Waals surface area contributed by atoms with Crippen molar-refractivity contribution in [1.29, 1.82) is 0 Å². The maximum Gasteiger partial charge on any atom is 0.416 e. The molecule has 38 heavy (non-hydrogen) atoms. The van der Waals surface area contributed by atoms with Crippen molar-refractivity contribution in [2.24, 2.45) is 0 Å². The third-order valence-corrected chi connectivity index (χ3v) is 6.94. The molecule has 3 aromatic heterocycles. The molecule has 5 rings (SSSR count). The van der Waals surface area contributed by atoms with Gasteiger partial charge in [0, 0.05) is 41.2 Å². The van der Waals surface area contributed by atoms with Crippen LogP contribution in [0.5, 0.6) is 0 Å². The number of halogens is 3. The molecule has 0 saturated carbocycles. The average molecular weight is 528 g/mol. The van der Waals surface area contributed by atoms with E-state index < -0.39 is 11.7 Å². The minimum Gasteiger partial charge on any atom is -0.466 e. The largest absolute Gasteiger partial charge is 0.466 e. The number of carbonyl (C=O) groups is 1. The van der Waals surface area contributed by atoms with Gasteiger partial charge in [0.25, 0.3) is 5.89 Å². The number of hydrogen-bond acceptors (Lipinski definition) is 7. The van der Waals surface area contributed by atoms with Crippen molar-refractivity contribution in [2.45, 2.75) is 52.1 Å². The summed E-state index contributed by atoms with van der Waals surface area (Å²) in [5, 5.41) is 5.03. The number of fused-ring (bicyclic) bond motifs is 3. The number of rotatable bonds is 8. The molecule has 0 bridgehead atoms. The molecular weight excluding hydrogens is 499 g/mol. The Bertz CT molecular complexity index is 1470. The van der Waals surface area contributed by atoms with Crippen LogP contribution < -0.4 is 4.90 Å². The number of alkyl halides is 3. The first-order chi connectivity index (χ1) is 18.2. The Balaban J connectivity index is 1.48. The van der Waals surface area contributed by atoms with Crippen molar-refractivity contribution < 1.29 is 27.2 Å². The van der Waals surface area contributed by atoms with Gasteiger partial charge in [-0.3, -0.25) is 4.79 Å². The van der Waals surface area contributed by atoms with Gasteiger partial charge in [0.2, 0.25) is 5.82 Å². The summed E-state index contributed by atoms with van der Waals surface area (Å²) in [4.78, 5) is 26.0. The van der Waals surface area contributed by atoms with Gasteiger partial charge >= 0.3 is 12.1 Å². The summed E-state index contributed by atoms with van der Waals surface area (Å²) >= 11 is 0. The highest BCUT2D eigenvalue weighted by atomic mass is 19.4. The summed E-state index contributed by atoms with van der Waals surface area (Å²) in [6, 6.07) is 7.62. The first-order valence-electron chi connectivity index (χ1n) is 12.7. The van der Waals surface area contributed by atoms with Crippen molar-refractivity contribution in [2.75, 3.05) is 24.6 Å². The molecule has 200 valence electrons. The van der Waals surface area contributed by atoms with Gasteiger partial charge in [-0.1, -0.05) is 5.16 Å². The van der Waals surface area contributed by atoms with Gasteiger partial charge in [-0.15, -0.1) is 0 Å². The van der Waals surface area contributed by atoms with Crippen molar-refractivity contribution in [3.63, 3.8) is 0 Å². The fraction of sp³-hybridized carbons (Fsp3) is 0.407. The fourth-order valence-electron chi connectivity index (χ4n) is 5.06. The zero-order chi connectivity index (χ0) is 27.0. The van der Waals surface area contributed by atoms with Gasteiger partial charge < -0.3 is 19.1 Å². The van der Waals surface area contributed by atoms with Crippen LogP contribution in [0.25, 0.3) is 33.9 Å². The summed E-state index contributed by atoms with van der Waals surface area (Å²) in [6.07, 6.45) is -2.55. The number of H-pyrrole nitrogens is 1. The second-order valence-electron chi connectivity index (χ2n) is 9.21. The van der Waals surface area contributed by atoms with Gasteiger partial charge in [-0.2, -0.15) is 18.2 Å². The van der Waals surface area contributed by atoms with Crippen LogP contribution in [0, 0.1) is 0 Å². The van der Waals surface area contributed by atoms with Gasteiger partial charge in [0.05, 0.1) is 18.6 Å². The Morgan fingerprint density at radius 2 is 1.95 bits per heavy atom. The van der Waals surface area contributed by atoms with Crippen LogP contribution >= 0.6 is 0 Å². The van der Waals surface area contributed by atoms with E-state index in [2.05, 4.69) is 20.1 Å². The van der Waals surface area contributed by atoms with E-state index >= 15 is 0 Å². The third-order valence-electron chi connectivity index (χ3n) is 6.94. The fourth-order valence-corrected chi connectivity index (χ4v) is 5.06.